The molecule has 4 nitrogen and oxygen atoms in total. The second kappa shape index (κ2) is 5.19. The minimum absolute atomic E-state index is 0.255. The van der Waals surface area contributed by atoms with Crippen LogP contribution in [-0.4, -0.2) is 30.8 Å². The van der Waals surface area contributed by atoms with Crippen LogP contribution in [0.1, 0.15) is 18.9 Å². The summed E-state index contributed by atoms with van der Waals surface area (Å²) >= 11 is 6.20. The highest BCUT2D eigenvalue weighted by Gasteiger charge is 2.24. The van der Waals surface area contributed by atoms with E-state index in [1.54, 1.807) is 0 Å². The molecule has 2 aliphatic heterocycles. The van der Waals surface area contributed by atoms with E-state index in [9.17, 15) is 0 Å². The lowest BCUT2D eigenvalue weighted by molar-refractivity contribution is 0.162. The topological polar surface area (TPSA) is 47.7 Å². The monoisotopic (exact) mass is 282 g/mol. The molecule has 2 heterocycles. The molecule has 104 valence electrons. The maximum Gasteiger partial charge on any atom is 0.231 e. The van der Waals surface area contributed by atoms with E-state index in [2.05, 4.69) is 11.8 Å². The Bertz CT molecular complexity index is 481. The number of ether oxygens (including phenoxy) is 2. The van der Waals surface area contributed by atoms with Crippen molar-refractivity contribution in [2.75, 3.05) is 19.9 Å². The molecule has 0 radical (unpaired) electrons. The zero-order valence-electron chi connectivity index (χ0n) is 11.1. The molecular formula is C14H19ClN2O2. The maximum atomic E-state index is 6.20. The molecule has 2 unspecified atom stereocenters. The third-order valence-electron chi connectivity index (χ3n) is 3.99. The lowest BCUT2D eigenvalue weighted by atomic mass is 9.94. The summed E-state index contributed by atoms with van der Waals surface area (Å²) in [6.45, 7) is 5.36. The highest BCUT2D eigenvalue weighted by atomic mass is 35.5. The third kappa shape index (κ3) is 2.66. The van der Waals surface area contributed by atoms with Crippen molar-refractivity contribution in [2.24, 2.45) is 11.7 Å². The molecule has 3 rings (SSSR count). The summed E-state index contributed by atoms with van der Waals surface area (Å²) in [5, 5.41) is 0.625. The van der Waals surface area contributed by atoms with Gasteiger partial charge in [0.25, 0.3) is 0 Å². The molecule has 0 amide bonds. The van der Waals surface area contributed by atoms with Gasteiger partial charge in [-0.15, -0.1) is 0 Å². The number of rotatable bonds is 2. The van der Waals surface area contributed by atoms with E-state index in [1.807, 2.05) is 12.1 Å². The Hall–Kier alpha value is -0.970. The van der Waals surface area contributed by atoms with E-state index in [4.69, 9.17) is 26.8 Å². The van der Waals surface area contributed by atoms with Crippen molar-refractivity contribution in [1.29, 1.82) is 0 Å². The Morgan fingerprint density at radius 2 is 2.26 bits per heavy atom. The van der Waals surface area contributed by atoms with Crippen molar-refractivity contribution in [1.82, 2.24) is 4.90 Å². The summed E-state index contributed by atoms with van der Waals surface area (Å²) in [5.74, 6) is 2.02. The molecule has 2 N–H and O–H groups in total. The number of benzene rings is 1. The Morgan fingerprint density at radius 1 is 1.42 bits per heavy atom. The first-order valence-electron chi connectivity index (χ1n) is 6.69. The van der Waals surface area contributed by atoms with E-state index in [-0.39, 0.29) is 12.8 Å². The molecule has 0 spiro atoms. The van der Waals surface area contributed by atoms with E-state index in [0.29, 0.717) is 16.7 Å². The van der Waals surface area contributed by atoms with E-state index in [1.165, 1.54) is 0 Å². The second-order valence-corrected chi connectivity index (χ2v) is 5.88. The van der Waals surface area contributed by atoms with Crippen molar-refractivity contribution in [3.8, 4) is 11.5 Å². The average Bonchev–Trinajstić information content (AvgIpc) is 2.82. The van der Waals surface area contributed by atoms with Crippen LogP contribution < -0.4 is 15.2 Å². The minimum Gasteiger partial charge on any atom is -0.454 e. The molecule has 2 atom stereocenters. The molecule has 1 saturated heterocycles. The molecule has 19 heavy (non-hydrogen) atoms. The van der Waals surface area contributed by atoms with E-state index in [0.717, 1.165) is 37.4 Å². The quantitative estimate of drug-likeness (QED) is 0.904. The van der Waals surface area contributed by atoms with Crippen LogP contribution in [0.3, 0.4) is 0 Å². The smallest absolute Gasteiger partial charge is 0.231 e. The van der Waals surface area contributed by atoms with Crippen LogP contribution in [0.4, 0.5) is 0 Å². The SMILES string of the molecule is CC1CCN(Cc2cc(Cl)c3c(c2)OCO3)CC1N. The van der Waals surface area contributed by atoms with Crippen LogP contribution in [0.5, 0.6) is 11.5 Å². The predicted octanol–water partition coefficient (Wildman–Crippen LogP) is 2.24. The lowest BCUT2D eigenvalue weighted by Gasteiger charge is -2.35. The van der Waals surface area contributed by atoms with Gasteiger partial charge in [0.15, 0.2) is 11.5 Å². The fourth-order valence-corrected chi connectivity index (χ4v) is 2.97. The van der Waals surface area contributed by atoms with Gasteiger partial charge in [-0.2, -0.15) is 0 Å². The summed E-state index contributed by atoms with van der Waals surface area (Å²) < 4.78 is 10.7. The first-order chi connectivity index (χ1) is 9.13. The zero-order valence-corrected chi connectivity index (χ0v) is 11.8. The highest BCUT2D eigenvalue weighted by Crippen LogP contribution is 2.40. The number of nitrogens with two attached hydrogens (primary N) is 1. The second-order valence-electron chi connectivity index (χ2n) is 5.48. The van der Waals surface area contributed by atoms with Gasteiger partial charge in [-0.3, -0.25) is 4.90 Å². The van der Waals surface area contributed by atoms with Gasteiger partial charge in [-0.1, -0.05) is 18.5 Å². The molecule has 1 aromatic carbocycles. The molecule has 0 saturated carbocycles. The van der Waals surface area contributed by atoms with Crippen LogP contribution in [-0.2, 0) is 6.54 Å². The summed E-state index contributed by atoms with van der Waals surface area (Å²) in [5.41, 5.74) is 7.28. The van der Waals surface area contributed by atoms with Gasteiger partial charge in [-0.25, -0.2) is 0 Å². The van der Waals surface area contributed by atoms with Crippen molar-refractivity contribution in [3.63, 3.8) is 0 Å². The molecule has 1 fully saturated rings. The number of halogens is 1. The van der Waals surface area contributed by atoms with Crippen molar-refractivity contribution in [3.05, 3.63) is 22.7 Å². The van der Waals surface area contributed by atoms with Gasteiger partial charge in [0.1, 0.15) is 0 Å². The Morgan fingerprint density at radius 3 is 3.05 bits per heavy atom. The van der Waals surface area contributed by atoms with E-state index < -0.39 is 0 Å². The number of fused-ring (bicyclic) bond motifs is 1. The standard InChI is InChI=1S/C14H19ClN2O2/c1-9-2-3-17(7-12(9)16)6-10-4-11(15)14-13(5-10)18-8-19-14/h4-5,9,12H,2-3,6-8,16H2,1H3. The minimum atomic E-state index is 0.255. The largest absolute Gasteiger partial charge is 0.454 e. The molecule has 1 aromatic rings. The van der Waals surface area contributed by atoms with Crippen LogP contribution in [0.2, 0.25) is 5.02 Å². The van der Waals surface area contributed by atoms with Gasteiger partial charge >= 0.3 is 0 Å². The third-order valence-corrected chi connectivity index (χ3v) is 4.27. The molecule has 2 aliphatic rings. The van der Waals surface area contributed by atoms with Gasteiger partial charge in [-0.05, 0) is 36.6 Å². The molecular weight excluding hydrogens is 264 g/mol. The summed E-state index contributed by atoms with van der Waals surface area (Å²) in [4.78, 5) is 2.37. The molecule has 0 bridgehead atoms. The number of piperidine rings is 1. The Kier molecular flexibility index (Phi) is 3.56. The Balaban J connectivity index is 1.72. The number of hydrogen-bond acceptors (Lipinski definition) is 4. The van der Waals surface area contributed by atoms with Gasteiger partial charge < -0.3 is 15.2 Å². The fourth-order valence-electron chi connectivity index (χ4n) is 2.68. The molecule has 5 heteroatoms. The molecule has 0 aromatic heterocycles. The summed E-state index contributed by atoms with van der Waals surface area (Å²) in [6.07, 6.45) is 1.15. The molecule has 0 aliphatic carbocycles. The zero-order chi connectivity index (χ0) is 13.4. The fraction of sp³-hybridized carbons (Fsp3) is 0.571. The number of hydrogen-bond donors (Lipinski definition) is 1. The first kappa shape index (κ1) is 13.0. The predicted molar refractivity (Wildman–Crippen MR) is 74.6 cm³/mol. The number of nitrogens with zero attached hydrogens (tertiary/aromatic N) is 1. The van der Waals surface area contributed by atoms with E-state index >= 15 is 0 Å². The summed E-state index contributed by atoms with van der Waals surface area (Å²) in [7, 11) is 0. The van der Waals surface area contributed by atoms with Gasteiger partial charge in [0.2, 0.25) is 6.79 Å². The average molecular weight is 283 g/mol. The van der Waals surface area contributed by atoms with Crippen LogP contribution in [0, 0.1) is 5.92 Å². The first-order valence-corrected chi connectivity index (χ1v) is 7.07. The van der Waals surface area contributed by atoms with Crippen molar-refractivity contribution < 1.29 is 9.47 Å². The Labute approximate surface area is 118 Å². The van der Waals surface area contributed by atoms with Crippen LogP contribution in [0.15, 0.2) is 12.1 Å². The van der Waals surface area contributed by atoms with Gasteiger partial charge in [0.05, 0.1) is 5.02 Å². The van der Waals surface area contributed by atoms with Crippen LogP contribution in [0.25, 0.3) is 0 Å². The summed E-state index contributed by atoms with van der Waals surface area (Å²) in [6, 6.07) is 4.23. The number of likely N-dealkylation sites (tertiary alicyclic amines) is 1. The van der Waals surface area contributed by atoms with Crippen LogP contribution >= 0.6 is 11.6 Å². The normalized spacial score (nSPS) is 26.7. The highest BCUT2D eigenvalue weighted by molar-refractivity contribution is 6.32. The van der Waals surface area contributed by atoms with Gasteiger partial charge in [0, 0.05) is 19.1 Å². The lowest BCUT2D eigenvalue weighted by Crippen LogP contribution is -2.47. The maximum absolute atomic E-state index is 6.20. The van der Waals surface area contributed by atoms with Crippen molar-refractivity contribution in [2.45, 2.75) is 25.9 Å². The van der Waals surface area contributed by atoms with Crippen molar-refractivity contribution >= 4 is 11.6 Å².